The monoisotopic (exact) mass is 414 g/mol. The van der Waals surface area contributed by atoms with Crippen molar-refractivity contribution < 1.29 is 4.74 Å². The first kappa shape index (κ1) is 20.4. The Morgan fingerprint density at radius 2 is 1.89 bits per heavy atom. The average molecular weight is 415 g/mol. The molecule has 2 heterocycles. The van der Waals surface area contributed by atoms with E-state index in [0.29, 0.717) is 11.7 Å². The Bertz CT molecular complexity index is 891. The van der Waals surface area contributed by atoms with E-state index in [1.807, 2.05) is 54.7 Å². The molecule has 3 rings (SSSR count). The van der Waals surface area contributed by atoms with Crippen molar-refractivity contribution in [3.05, 3.63) is 65.7 Å². The highest BCUT2D eigenvalue weighted by Gasteiger charge is 2.16. The molecule has 0 radical (unpaired) electrons. The maximum atomic E-state index is 6.19. The van der Waals surface area contributed by atoms with Gasteiger partial charge in [0.15, 0.2) is 0 Å². The molecule has 3 aromatic rings. The summed E-state index contributed by atoms with van der Waals surface area (Å²) in [6.45, 7) is 4.38. The van der Waals surface area contributed by atoms with Gasteiger partial charge in [0, 0.05) is 17.2 Å². The van der Waals surface area contributed by atoms with Crippen molar-refractivity contribution in [1.82, 2.24) is 15.0 Å². The van der Waals surface area contributed by atoms with Crippen LogP contribution in [0, 0.1) is 5.92 Å². The molecule has 0 spiro atoms. The summed E-state index contributed by atoms with van der Waals surface area (Å²) in [5, 5.41) is 4.47. The minimum absolute atomic E-state index is 0.0472. The predicted octanol–water partition coefficient (Wildman–Crippen LogP) is 5.88. The molecular weight excluding hydrogens is 392 g/mol. The Hall–Kier alpha value is -2.31. The number of anilines is 1. The van der Waals surface area contributed by atoms with Crippen molar-refractivity contribution in [1.29, 1.82) is 0 Å². The second-order valence-electron chi connectivity index (χ2n) is 6.72. The molecule has 5 nitrogen and oxygen atoms in total. The third-order valence-corrected chi connectivity index (χ3v) is 5.13. The lowest BCUT2D eigenvalue weighted by Gasteiger charge is -2.21. The Morgan fingerprint density at radius 3 is 2.54 bits per heavy atom. The predicted molar refractivity (Wildman–Crippen MR) is 114 cm³/mol. The highest BCUT2D eigenvalue weighted by Crippen LogP contribution is 2.31. The van der Waals surface area contributed by atoms with Gasteiger partial charge in [0.25, 0.3) is 0 Å². The number of aromatic nitrogens is 3. The van der Waals surface area contributed by atoms with Crippen LogP contribution in [0.15, 0.2) is 64.6 Å². The van der Waals surface area contributed by atoms with E-state index in [4.69, 9.17) is 16.3 Å². The van der Waals surface area contributed by atoms with Crippen molar-refractivity contribution in [3.8, 4) is 5.75 Å². The molecule has 0 saturated carbocycles. The molecule has 0 bridgehead atoms. The Balaban J connectivity index is 1.80. The van der Waals surface area contributed by atoms with Gasteiger partial charge in [0.2, 0.25) is 5.28 Å². The first-order valence-corrected chi connectivity index (χ1v) is 10.3. The molecule has 28 heavy (non-hydrogen) atoms. The lowest BCUT2D eigenvalue weighted by atomic mass is 10.0. The maximum absolute atomic E-state index is 6.19. The standard InChI is InChI=1S/C21H23ClN4OS/c1-14(2)12-18(17-6-4-5-11-23-17)24-19-13-20(26-21(22)25-19)28-16-9-7-15(27-3)8-10-16/h4-11,13-14,18H,12H2,1-3H3,(H,24,25,26). The van der Waals surface area contributed by atoms with E-state index in [0.717, 1.165) is 27.8 Å². The molecule has 0 fully saturated rings. The van der Waals surface area contributed by atoms with E-state index in [-0.39, 0.29) is 11.3 Å². The summed E-state index contributed by atoms with van der Waals surface area (Å²) < 4.78 is 5.20. The molecule has 0 saturated heterocycles. The molecular formula is C21H23ClN4OS. The van der Waals surface area contributed by atoms with Crippen molar-refractivity contribution in [2.24, 2.45) is 5.92 Å². The zero-order valence-corrected chi connectivity index (χ0v) is 17.7. The number of nitrogens with zero attached hydrogens (tertiary/aromatic N) is 3. The zero-order chi connectivity index (χ0) is 19.9. The van der Waals surface area contributed by atoms with Crippen LogP contribution in [0.5, 0.6) is 5.75 Å². The number of ether oxygens (including phenoxy) is 1. The van der Waals surface area contributed by atoms with Gasteiger partial charge in [-0.25, -0.2) is 9.97 Å². The first-order chi connectivity index (χ1) is 13.5. The number of hydrogen-bond acceptors (Lipinski definition) is 6. The van der Waals surface area contributed by atoms with Gasteiger partial charge in [0.1, 0.15) is 16.6 Å². The number of hydrogen-bond donors (Lipinski definition) is 1. The van der Waals surface area contributed by atoms with E-state index in [1.54, 1.807) is 7.11 Å². The van der Waals surface area contributed by atoms with E-state index in [2.05, 4.69) is 34.1 Å². The van der Waals surface area contributed by atoms with Crippen LogP contribution in [0.1, 0.15) is 32.0 Å². The van der Waals surface area contributed by atoms with Crippen LogP contribution in [-0.2, 0) is 0 Å². The minimum Gasteiger partial charge on any atom is -0.497 e. The highest BCUT2D eigenvalue weighted by molar-refractivity contribution is 7.99. The summed E-state index contributed by atoms with van der Waals surface area (Å²) in [5.41, 5.74) is 0.982. The molecule has 0 amide bonds. The van der Waals surface area contributed by atoms with Gasteiger partial charge < -0.3 is 10.1 Å². The third-order valence-electron chi connectivity index (χ3n) is 4.03. The molecule has 1 atom stereocenters. The Morgan fingerprint density at radius 1 is 1.11 bits per heavy atom. The second-order valence-corrected chi connectivity index (χ2v) is 8.15. The second kappa shape index (κ2) is 9.75. The van der Waals surface area contributed by atoms with Crippen molar-refractivity contribution in [2.75, 3.05) is 12.4 Å². The van der Waals surface area contributed by atoms with Crippen LogP contribution in [0.2, 0.25) is 5.28 Å². The fourth-order valence-electron chi connectivity index (χ4n) is 2.77. The van der Waals surface area contributed by atoms with Crippen LogP contribution in [0.25, 0.3) is 0 Å². The lowest BCUT2D eigenvalue weighted by molar-refractivity contribution is 0.414. The van der Waals surface area contributed by atoms with Gasteiger partial charge in [-0.05, 0) is 60.3 Å². The zero-order valence-electron chi connectivity index (χ0n) is 16.1. The van der Waals surface area contributed by atoms with Crippen LogP contribution < -0.4 is 10.1 Å². The number of pyridine rings is 1. The minimum atomic E-state index is 0.0472. The van der Waals surface area contributed by atoms with E-state index in [1.165, 1.54) is 11.8 Å². The summed E-state index contributed by atoms with van der Waals surface area (Å²) >= 11 is 7.71. The third kappa shape index (κ3) is 5.84. The van der Waals surface area contributed by atoms with Gasteiger partial charge in [-0.1, -0.05) is 31.7 Å². The number of benzene rings is 1. The van der Waals surface area contributed by atoms with Crippen molar-refractivity contribution in [3.63, 3.8) is 0 Å². The van der Waals surface area contributed by atoms with Crippen LogP contribution in [0.3, 0.4) is 0 Å². The van der Waals surface area contributed by atoms with Crippen LogP contribution in [-0.4, -0.2) is 22.1 Å². The molecule has 146 valence electrons. The van der Waals surface area contributed by atoms with Gasteiger partial charge in [-0.2, -0.15) is 0 Å². The summed E-state index contributed by atoms with van der Waals surface area (Å²) in [6.07, 6.45) is 2.74. The summed E-state index contributed by atoms with van der Waals surface area (Å²) in [7, 11) is 1.65. The topological polar surface area (TPSA) is 59.9 Å². The van der Waals surface area contributed by atoms with Crippen LogP contribution in [0.4, 0.5) is 5.82 Å². The Kier molecular flexibility index (Phi) is 7.12. The van der Waals surface area contributed by atoms with Gasteiger partial charge in [0.05, 0.1) is 18.8 Å². The van der Waals surface area contributed by atoms with E-state index in [9.17, 15) is 0 Å². The average Bonchev–Trinajstić information content (AvgIpc) is 2.68. The van der Waals surface area contributed by atoms with Gasteiger partial charge in [-0.15, -0.1) is 0 Å². The smallest absolute Gasteiger partial charge is 0.225 e. The first-order valence-electron chi connectivity index (χ1n) is 9.07. The highest BCUT2D eigenvalue weighted by atomic mass is 35.5. The molecule has 1 aromatic carbocycles. The molecule has 1 N–H and O–H groups in total. The fourth-order valence-corrected chi connectivity index (χ4v) is 3.82. The number of halogens is 1. The SMILES string of the molecule is COc1ccc(Sc2cc(NC(CC(C)C)c3ccccn3)nc(Cl)n2)cc1. The fraction of sp³-hybridized carbons (Fsp3) is 0.286. The number of rotatable bonds is 8. The van der Waals surface area contributed by atoms with Crippen molar-refractivity contribution in [2.45, 2.75) is 36.2 Å². The maximum Gasteiger partial charge on any atom is 0.225 e. The molecule has 0 aliphatic carbocycles. The molecule has 7 heteroatoms. The van der Waals surface area contributed by atoms with E-state index >= 15 is 0 Å². The quantitative estimate of drug-likeness (QED) is 0.366. The summed E-state index contributed by atoms with van der Waals surface area (Å²) in [5.74, 6) is 2.01. The molecule has 1 unspecified atom stereocenters. The number of nitrogens with one attached hydrogen (secondary N) is 1. The van der Waals surface area contributed by atoms with Crippen molar-refractivity contribution >= 4 is 29.2 Å². The normalized spacial score (nSPS) is 12.0. The number of methoxy groups -OCH3 is 1. The van der Waals surface area contributed by atoms with Gasteiger partial charge >= 0.3 is 0 Å². The summed E-state index contributed by atoms with van der Waals surface area (Å²) in [6, 6.07) is 15.7. The van der Waals surface area contributed by atoms with Gasteiger partial charge in [-0.3, -0.25) is 4.98 Å². The van der Waals surface area contributed by atoms with Crippen LogP contribution >= 0.6 is 23.4 Å². The largest absolute Gasteiger partial charge is 0.497 e. The molecule has 0 aliphatic heterocycles. The molecule has 2 aromatic heterocycles. The summed E-state index contributed by atoms with van der Waals surface area (Å²) in [4.78, 5) is 14.2. The lowest BCUT2D eigenvalue weighted by Crippen LogP contribution is -2.15. The van der Waals surface area contributed by atoms with E-state index < -0.39 is 0 Å². The molecule has 0 aliphatic rings. The Labute approximate surface area is 174 Å².